The number of hydrogen-bond acceptors (Lipinski definition) is 6. The summed E-state index contributed by atoms with van der Waals surface area (Å²) < 4.78 is 44.1. The lowest BCUT2D eigenvalue weighted by Gasteiger charge is -2.34. The van der Waals surface area contributed by atoms with Crippen molar-refractivity contribution in [2.75, 3.05) is 45.1 Å². The lowest BCUT2D eigenvalue weighted by Crippen LogP contribution is -2.45. The van der Waals surface area contributed by atoms with Gasteiger partial charge in [-0.2, -0.15) is 13.2 Å². The van der Waals surface area contributed by atoms with Gasteiger partial charge in [0.1, 0.15) is 5.82 Å². The minimum atomic E-state index is -4.61. The first-order valence-corrected chi connectivity index (χ1v) is 15.3. The summed E-state index contributed by atoms with van der Waals surface area (Å²) in [6, 6.07) is 7.40. The summed E-state index contributed by atoms with van der Waals surface area (Å²) in [6.07, 6.45) is 3.73. The quantitative estimate of drug-likeness (QED) is 0.343. The highest BCUT2D eigenvalue weighted by Crippen LogP contribution is 2.34. The van der Waals surface area contributed by atoms with Crippen molar-refractivity contribution < 1.29 is 18.0 Å². The topological polar surface area (TPSA) is 82.5 Å². The zero-order valence-electron chi connectivity index (χ0n) is 26.1. The number of fused-ring (bicyclic) bond motifs is 1. The van der Waals surface area contributed by atoms with Crippen molar-refractivity contribution >= 4 is 28.2 Å². The second-order valence-corrected chi connectivity index (χ2v) is 11.4. The fourth-order valence-corrected chi connectivity index (χ4v) is 5.94. The van der Waals surface area contributed by atoms with Crippen LogP contribution in [-0.4, -0.2) is 65.0 Å². The minimum absolute atomic E-state index is 0.0846. The largest absolute Gasteiger partial charge is 0.416 e. The molecule has 1 amide bonds. The van der Waals surface area contributed by atoms with E-state index in [1.165, 1.54) is 12.1 Å². The van der Waals surface area contributed by atoms with Crippen LogP contribution < -0.4 is 16.2 Å². The standard InChI is InChI=1S/C34H39F3N6O2/c1-5-22-8-7-9-26(18-27(22)28-16-25-20-39-31(38-3)19-30(25)41(4)33(28)45)40-32(44)23-10-11-24(29(17-23)34(35,36)37)21-43-14-12-42(6-2)13-15-43/h8-11,16-20H,5-7,12-15,21H2,1-4H3,(H,38,39)(H,40,44). The summed E-state index contributed by atoms with van der Waals surface area (Å²) >= 11 is 0. The van der Waals surface area contributed by atoms with Gasteiger partial charge in [0, 0.05) is 81.3 Å². The molecule has 2 N–H and O–H groups in total. The Morgan fingerprint density at radius 2 is 1.76 bits per heavy atom. The number of piperazine rings is 1. The van der Waals surface area contributed by atoms with Gasteiger partial charge in [0.2, 0.25) is 0 Å². The number of pyridine rings is 2. The monoisotopic (exact) mass is 620 g/mol. The van der Waals surface area contributed by atoms with E-state index >= 15 is 0 Å². The van der Waals surface area contributed by atoms with Gasteiger partial charge in [-0.1, -0.05) is 32.1 Å². The van der Waals surface area contributed by atoms with Crippen LogP contribution in [0.2, 0.25) is 0 Å². The highest BCUT2D eigenvalue weighted by atomic mass is 19.4. The lowest BCUT2D eigenvalue weighted by atomic mass is 9.95. The van der Waals surface area contributed by atoms with E-state index in [1.807, 2.05) is 17.9 Å². The van der Waals surface area contributed by atoms with E-state index in [1.54, 1.807) is 49.1 Å². The molecule has 5 rings (SSSR count). The van der Waals surface area contributed by atoms with E-state index in [2.05, 4.69) is 27.4 Å². The minimum Gasteiger partial charge on any atom is -0.373 e. The molecule has 1 fully saturated rings. The molecule has 0 bridgehead atoms. The average Bonchev–Trinajstić information content (AvgIpc) is 3.24. The molecule has 8 nitrogen and oxygen atoms in total. The van der Waals surface area contributed by atoms with E-state index in [0.717, 1.165) is 42.2 Å². The Morgan fingerprint density at radius 3 is 2.42 bits per heavy atom. The molecule has 0 atom stereocenters. The molecule has 3 heterocycles. The van der Waals surface area contributed by atoms with Crippen molar-refractivity contribution in [3.8, 4) is 0 Å². The summed E-state index contributed by atoms with van der Waals surface area (Å²) in [5.41, 5.74) is 2.20. The molecule has 0 saturated carbocycles. The second kappa shape index (κ2) is 13.4. The number of halogens is 3. The first-order valence-electron chi connectivity index (χ1n) is 15.3. The molecular weight excluding hydrogens is 581 g/mol. The van der Waals surface area contributed by atoms with E-state index in [9.17, 15) is 22.8 Å². The van der Waals surface area contributed by atoms with Gasteiger partial charge in [-0.25, -0.2) is 4.98 Å². The van der Waals surface area contributed by atoms with Crippen LogP contribution in [0.3, 0.4) is 0 Å². The van der Waals surface area contributed by atoms with E-state index in [4.69, 9.17) is 0 Å². The number of carbonyl (C=O) groups is 1. The molecule has 1 aliphatic carbocycles. The Balaban J connectivity index is 1.43. The summed E-state index contributed by atoms with van der Waals surface area (Å²) in [5, 5.41) is 6.55. The highest BCUT2D eigenvalue weighted by Gasteiger charge is 2.35. The Kier molecular flexibility index (Phi) is 9.59. The van der Waals surface area contributed by atoms with Crippen LogP contribution in [0.4, 0.5) is 19.0 Å². The zero-order chi connectivity index (χ0) is 32.3. The molecule has 2 aromatic heterocycles. The number of allylic oxidation sites excluding steroid dienone is 5. The van der Waals surface area contributed by atoms with Gasteiger partial charge in [0.25, 0.3) is 11.5 Å². The molecule has 0 spiro atoms. The summed E-state index contributed by atoms with van der Waals surface area (Å²) in [7, 11) is 3.46. The SMILES string of the molecule is CCC1=CCC=C(NC(=O)c2ccc(CN3CCN(CC)CC3)c(C(F)(F)F)c2)C=C1c1cc2cnc(NC)cc2n(C)c1=O. The van der Waals surface area contributed by atoms with Crippen LogP contribution in [-0.2, 0) is 19.8 Å². The predicted octanol–water partition coefficient (Wildman–Crippen LogP) is 5.57. The van der Waals surface area contributed by atoms with Crippen molar-refractivity contribution in [2.24, 2.45) is 7.05 Å². The zero-order valence-corrected chi connectivity index (χ0v) is 26.1. The third kappa shape index (κ3) is 7.04. The number of nitrogens with one attached hydrogen (secondary N) is 2. The lowest BCUT2D eigenvalue weighted by molar-refractivity contribution is -0.138. The molecule has 3 aromatic rings. The van der Waals surface area contributed by atoms with Crippen molar-refractivity contribution in [3.05, 3.63) is 98.6 Å². The predicted molar refractivity (Wildman–Crippen MR) is 172 cm³/mol. The van der Waals surface area contributed by atoms with Crippen LogP contribution in [0.15, 0.2) is 70.8 Å². The third-order valence-electron chi connectivity index (χ3n) is 8.62. The normalized spacial score (nSPS) is 16.6. The summed E-state index contributed by atoms with van der Waals surface area (Å²) in [6.45, 7) is 8.17. The van der Waals surface area contributed by atoms with Gasteiger partial charge < -0.3 is 20.1 Å². The smallest absolute Gasteiger partial charge is 0.373 e. The first-order chi connectivity index (χ1) is 21.5. The molecule has 1 aliphatic heterocycles. The molecule has 45 heavy (non-hydrogen) atoms. The maximum atomic E-state index is 14.2. The molecule has 11 heteroatoms. The number of aromatic nitrogens is 2. The van der Waals surface area contributed by atoms with Crippen LogP contribution in [0.25, 0.3) is 16.5 Å². The number of hydrogen-bond donors (Lipinski definition) is 2. The number of nitrogens with zero attached hydrogens (tertiary/aromatic N) is 4. The number of carbonyl (C=O) groups excluding carboxylic acids is 1. The Morgan fingerprint density at radius 1 is 1.02 bits per heavy atom. The fraction of sp³-hybridized carbons (Fsp3) is 0.382. The van der Waals surface area contributed by atoms with E-state index in [-0.39, 0.29) is 23.2 Å². The average molecular weight is 621 g/mol. The third-order valence-corrected chi connectivity index (χ3v) is 8.62. The van der Waals surface area contributed by atoms with Gasteiger partial charge in [-0.3, -0.25) is 14.5 Å². The van der Waals surface area contributed by atoms with Gasteiger partial charge in [0.15, 0.2) is 0 Å². The number of amides is 1. The first kappa shape index (κ1) is 32.2. The van der Waals surface area contributed by atoms with Crippen LogP contribution in [0.5, 0.6) is 0 Å². The number of aryl methyl sites for hydroxylation is 1. The van der Waals surface area contributed by atoms with Crippen molar-refractivity contribution in [1.29, 1.82) is 0 Å². The van der Waals surface area contributed by atoms with Crippen molar-refractivity contribution in [1.82, 2.24) is 24.7 Å². The van der Waals surface area contributed by atoms with Crippen LogP contribution in [0, 0.1) is 0 Å². The summed E-state index contributed by atoms with van der Waals surface area (Å²) in [5.74, 6) is -0.0156. The number of benzene rings is 1. The molecule has 1 saturated heterocycles. The number of alkyl halides is 3. The molecule has 0 radical (unpaired) electrons. The van der Waals surface area contributed by atoms with Gasteiger partial charge in [-0.15, -0.1) is 0 Å². The van der Waals surface area contributed by atoms with Gasteiger partial charge in [0.05, 0.1) is 11.1 Å². The molecule has 238 valence electrons. The van der Waals surface area contributed by atoms with Gasteiger partial charge >= 0.3 is 6.18 Å². The van der Waals surface area contributed by atoms with E-state index in [0.29, 0.717) is 48.6 Å². The Hall–Kier alpha value is -4.22. The number of likely N-dealkylation sites (N-methyl/N-ethyl adjacent to an activating group) is 1. The maximum absolute atomic E-state index is 14.2. The van der Waals surface area contributed by atoms with Crippen LogP contribution in [0.1, 0.15) is 53.7 Å². The van der Waals surface area contributed by atoms with Crippen LogP contribution >= 0.6 is 0 Å². The number of rotatable bonds is 8. The van der Waals surface area contributed by atoms with E-state index < -0.39 is 17.6 Å². The highest BCUT2D eigenvalue weighted by molar-refractivity contribution is 5.96. The fourth-order valence-electron chi connectivity index (χ4n) is 5.94. The van der Waals surface area contributed by atoms with Gasteiger partial charge in [-0.05, 0) is 60.4 Å². The van der Waals surface area contributed by atoms with Crippen molar-refractivity contribution in [3.63, 3.8) is 0 Å². The Bertz CT molecular complexity index is 1750. The second-order valence-electron chi connectivity index (χ2n) is 11.4. The molecule has 1 aromatic carbocycles. The Labute approximate surface area is 260 Å². The van der Waals surface area contributed by atoms with Crippen molar-refractivity contribution in [2.45, 2.75) is 39.4 Å². The molecular formula is C34H39F3N6O2. The molecule has 0 unspecified atom stereocenters. The number of anilines is 1. The maximum Gasteiger partial charge on any atom is 0.416 e. The summed E-state index contributed by atoms with van der Waals surface area (Å²) in [4.78, 5) is 35.6. The molecule has 2 aliphatic rings.